The molecule has 0 fully saturated rings. The van der Waals surface area contributed by atoms with Crippen molar-refractivity contribution in [1.29, 1.82) is 0 Å². The van der Waals surface area contributed by atoms with Crippen LogP contribution in [0.25, 0.3) is 0 Å². The SMILES string of the molecule is CC1Nc2ccccc2CC1C(=O)NCCCN(C)C. The smallest absolute Gasteiger partial charge is 0.225 e. The molecular weight excluding hydrogens is 250 g/mol. The molecule has 2 N–H and O–H groups in total. The van der Waals surface area contributed by atoms with E-state index in [0.29, 0.717) is 0 Å². The molecule has 2 unspecified atom stereocenters. The average Bonchev–Trinajstić information content (AvgIpc) is 2.42. The molecule has 1 aromatic rings. The molecule has 20 heavy (non-hydrogen) atoms. The molecule has 0 aliphatic carbocycles. The minimum Gasteiger partial charge on any atom is -0.382 e. The van der Waals surface area contributed by atoms with Gasteiger partial charge in [-0.05, 0) is 52.0 Å². The van der Waals surface area contributed by atoms with E-state index in [1.807, 2.05) is 26.2 Å². The summed E-state index contributed by atoms with van der Waals surface area (Å²) in [6.45, 7) is 3.84. The van der Waals surface area contributed by atoms with E-state index in [2.05, 4.69) is 34.6 Å². The van der Waals surface area contributed by atoms with Gasteiger partial charge in [-0.2, -0.15) is 0 Å². The van der Waals surface area contributed by atoms with E-state index in [9.17, 15) is 4.79 Å². The van der Waals surface area contributed by atoms with Crippen molar-refractivity contribution in [2.24, 2.45) is 5.92 Å². The van der Waals surface area contributed by atoms with Gasteiger partial charge in [0.2, 0.25) is 5.91 Å². The van der Waals surface area contributed by atoms with Crippen LogP contribution in [-0.2, 0) is 11.2 Å². The van der Waals surface area contributed by atoms with Gasteiger partial charge in [-0.25, -0.2) is 0 Å². The Labute approximate surface area is 121 Å². The molecule has 4 nitrogen and oxygen atoms in total. The summed E-state index contributed by atoms with van der Waals surface area (Å²) < 4.78 is 0. The molecule has 1 aromatic carbocycles. The van der Waals surface area contributed by atoms with Gasteiger partial charge in [0.15, 0.2) is 0 Å². The monoisotopic (exact) mass is 275 g/mol. The van der Waals surface area contributed by atoms with Crippen molar-refractivity contribution in [2.45, 2.75) is 25.8 Å². The van der Waals surface area contributed by atoms with E-state index in [1.54, 1.807) is 0 Å². The standard InChI is InChI=1S/C16H25N3O/c1-12-14(16(20)17-9-6-10-19(2)3)11-13-7-4-5-8-15(13)18-12/h4-5,7-8,12,14,18H,6,9-11H2,1-3H3,(H,17,20). The van der Waals surface area contributed by atoms with Gasteiger partial charge in [0.25, 0.3) is 0 Å². The maximum atomic E-state index is 12.3. The fraction of sp³-hybridized carbons (Fsp3) is 0.562. The van der Waals surface area contributed by atoms with Crippen LogP contribution in [0.15, 0.2) is 24.3 Å². The maximum Gasteiger partial charge on any atom is 0.225 e. The number of benzene rings is 1. The molecule has 0 saturated heterocycles. The summed E-state index contributed by atoms with van der Waals surface area (Å²) in [6.07, 6.45) is 1.81. The Hall–Kier alpha value is -1.55. The molecule has 1 aliphatic rings. The van der Waals surface area contributed by atoms with E-state index in [-0.39, 0.29) is 17.9 Å². The molecular formula is C16H25N3O. The van der Waals surface area contributed by atoms with Gasteiger partial charge in [0.1, 0.15) is 0 Å². The molecule has 2 atom stereocenters. The van der Waals surface area contributed by atoms with Crippen LogP contribution in [0.5, 0.6) is 0 Å². The third-order valence-corrected chi connectivity index (χ3v) is 3.86. The third kappa shape index (κ3) is 3.73. The molecule has 1 aliphatic heterocycles. The van der Waals surface area contributed by atoms with Gasteiger partial charge in [-0.1, -0.05) is 18.2 Å². The third-order valence-electron chi connectivity index (χ3n) is 3.86. The molecule has 0 bridgehead atoms. The first-order valence-electron chi connectivity index (χ1n) is 7.35. The van der Waals surface area contributed by atoms with Crippen molar-refractivity contribution in [3.63, 3.8) is 0 Å². The highest BCUT2D eigenvalue weighted by atomic mass is 16.1. The van der Waals surface area contributed by atoms with Gasteiger partial charge < -0.3 is 15.5 Å². The molecule has 110 valence electrons. The number of hydrogen-bond donors (Lipinski definition) is 2. The zero-order chi connectivity index (χ0) is 14.5. The normalized spacial score (nSPS) is 21.2. The first kappa shape index (κ1) is 14.9. The number of carbonyl (C=O) groups is 1. The topological polar surface area (TPSA) is 44.4 Å². The predicted molar refractivity (Wildman–Crippen MR) is 82.9 cm³/mol. The van der Waals surface area contributed by atoms with Crippen LogP contribution in [0.1, 0.15) is 18.9 Å². The second-order valence-corrected chi connectivity index (χ2v) is 5.85. The van der Waals surface area contributed by atoms with E-state index >= 15 is 0 Å². The second kappa shape index (κ2) is 6.75. The fourth-order valence-electron chi connectivity index (χ4n) is 2.66. The van der Waals surface area contributed by atoms with Crippen molar-refractivity contribution in [2.75, 3.05) is 32.5 Å². The van der Waals surface area contributed by atoms with Gasteiger partial charge >= 0.3 is 0 Å². The van der Waals surface area contributed by atoms with Crippen molar-refractivity contribution in [1.82, 2.24) is 10.2 Å². The molecule has 0 aromatic heterocycles. The molecule has 0 radical (unpaired) electrons. The predicted octanol–water partition coefficient (Wildman–Crippen LogP) is 1.73. The first-order valence-corrected chi connectivity index (χ1v) is 7.35. The van der Waals surface area contributed by atoms with Crippen molar-refractivity contribution in [3.05, 3.63) is 29.8 Å². The number of amides is 1. The van der Waals surface area contributed by atoms with Crippen LogP contribution in [0.3, 0.4) is 0 Å². The Morgan fingerprint density at radius 1 is 1.40 bits per heavy atom. The second-order valence-electron chi connectivity index (χ2n) is 5.85. The Kier molecular flexibility index (Phi) is 5.01. The zero-order valence-corrected chi connectivity index (χ0v) is 12.6. The molecule has 1 heterocycles. The largest absolute Gasteiger partial charge is 0.382 e. The minimum absolute atomic E-state index is 0.0178. The van der Waals surface area contributed by atoms with E-state index < -0.39 is 0 Å². The number of nitrogens with one attached hydrogen (secondary N) is 2. The van der Waals surface area contributed by atoms with E-state index in [4.69, 9.17) is 0 Å². The van der Waals surface area contributed by atoms with E-state index in [1.165, 1.54) is 5.56 Å². The van der Waals surface area contributed by atoms with E-state index in [0.717, 1.165) is 31.6 Å². The summed E-state index contributed by atoms with van der Waals surface area (Å²) in [5.41, 5.74) is 2.40. The van der Waals surface area contributed by atoms with Crippen LogP contribution in [0.4, 0.5) is 5.69 Å². The highest BCUT2D eigenvalue weighted by Crippen LogP contribution is 2.28. The van der Waals surface area contributed by atoms with Crippen molar-refractivity contribution in [3.8, 4) is 0 Å². The fourth-order valence-corrected chi connectivity index (χ4v) is 2.66. The number of hydrogen-bond acceptors (Lipinski definition) is 3. The number of rotatable bonds is 5. The lowest BCUT2D eigenvalue weighted by molar-refractivity contribution is -0.125. The summed E-state index contributed by atoms with van der Waals surface area (Å²) in [6, 6.07) is 8.42. The lowest BCUT2D eigenvalue weighted by Crippen LogP contribution is -2.43. The van der Waals surface area contributed by atoms with Crippen LogP contribution >= 0.6 is 0 Å². The Morgan fingerprint density at radius 3 is 2.90 bits per heavy atom. The number of nitrogens with zero attached hydrogens (tertiary/aromatic N) is 1. The summed E-state index contributed by atoms with van der Waals surface area (Å²) in [7, 11) is 4.10. The quantitative estimate of drug-likeness (QED) is 0.804. The highest BCUT2D eigenvalue weighted by Gasteiger charge is 2.29. The summed E-state index contributed by atoms with van der Waals surface area (Å²) >= 11 is 0. The van der Waals surface area contributed by atoms with Gasteiger partial charge in [-0.15, -0.1) is 0 Å². The molecule has 1 amide bonds. The van der Waals surface area contributed by atoms with Crippen molar-refractivity contribution >= 4 is 11.6 Å². The summed E-state index contributed by atoms with van der Waals surface area (Å²) in [5.74, 6) is 0.183. The minimum atomic E-state index is 0.0178. The average molecular weight is 275 g/mol. The molecule has 2 rings (SSSR count). The van der Waals surface area contributed by atoms with Crippen molar-refractivity contribution < 1.29 is 4.79 Å². The first-order chi connectivity index (χ1) is 9.58. The highest BCUT2D eigenvalue weighted by molar-refractivity contribution is 5.81. The molecule has 0 spiro atoms. The van der Waals surface area contributed by atoms with Crippen LogP contribution in [-0.4, -0.2) is 44.0 Å². The van der Waals surface area contributed by atoms with Gasteiger partial charge in [-0.3, -0.25) is 4.79 Å². The number of fused-ring (bicyclic) bond motifs is 1. The Morgan fingerprint density at radius 2 is 2.15 bits per heavy atom. The maximum absolute atomic E-state index is 12.3. The van der Waals surface area contributed by atoms with Crippen LogP contribution < -0.4 is 10.6 Å². The van der Waals surface area contributed by atoms with Gasteiger partial charge in [0, 0.05) is 18.3 Å². The Bertz CT molecular complexity index is 459. The number of anilines is 1. The Balaban J connectivity index is 1.88. The van der Waals surface area contributed by atoms with Gasteiger partial charge in [0.05, 0.1) is 5.92 Å². The lowest BCUT2D eigenvalue weighted by atomic mass is 9.87. The summed E-state index contributed by atoms with van der Waals surface area (Å²) in [5, 5.41) is 6.49. The number of carbonyl (C=O) groups excluding carboxylic acids is 1. The number of para-hydroxylation sites is 1. The summed E-state index contributed by atoms with van der Waals surface area (Å²) in [4.78, 5) is 14.4. The lowest BCUT2D eigenvalue weighted by Gasteiger charge is -2.31. The molecule has 4 heteroatoms. The zero-order valence-electron chi connectivity index (χ0n) is 12.6. The van der Waals surface area contributed by atoms with Crippen LogP contribution in [0.2, 0.25) is 0 Å². The van der Waals surface area contributed by atoms with Crippen LogP contribution in [0, 0.1) is 5.92 Å². The molecule has 0 saturated carbocycles.